The molecule has 2 amide bonds. The Labute approximate surface area is 126 Å². The molecule has 0 heterocycles. The first kappa shape index (κ1) is 19.4. The Morgan fingerprint density at radius 2 is 1.52 bits per heavy atom. The van der Waals surface area contributed by atoms with E-state index in [2.05, 4.69) is 10.6 Å². The second-order valence-electron chi connectivity index (χ2n) is 5.13. The molecule has 0 rings (SSSR count). The lowest BCUT2D eigenvalue weighted by Gasteiger charge is -2.22. The number of rotatable bonds is 10. The number of nitrogens with one attached hydrogen (secondary N) is 2. The minimum absolute atomic E-state index is 0.234. The molecule has 0 spiro atoms. The van der Waals surface area contributed by atoms with E-state index in [1.54, 1.807) is 0 Å². The molecule has 0 aromatic rings. The Kier molecular flexibility index (Phi) is 9.36. The average molecular weight is 301 g/mol. The van der Waals surface area contributed by atoms with Gasteiger partial charge < -0.3 is 15.7 Å². The molecule has 122 valence electrons. The lowest BCUT2D eigenvalue weighted by atomic mass is 10.2. The largest absolute Gasteiger partial charge is 0.480 e. The van der Waals surface area contributed by atoms with Crippen molar-refractivity contribution < 1.29 is 19.5 Å². The van der Waals surface area contributed by atoms with Gasteiger partial charge in [-0.1, -0.05) is 13.8 Å². The summed E-state index contributed by atoms with van der Waals surface area (Å²) in [6, 6.07) is -1.74. The van der Waals surface area contributed by atoms with Crippen LogP contribution in [0.3, 0.4) is 0 Å². The maximum absolute atomic E-state index is 11.9. The highest BCUT2D eigenvalue weighted by atomic mass is 16.4. The zero-order chi connectivity index (χ0) is 16.4. The van der Waals surface area contributed by atoms with Crippen LogP contribution in [0.25, 0.3) is 0 Å². The quantitative estimate of drug-likeness (QED) is 0.535. The monoisotopic (exact) mass is 301 g/mol. The van der Waals surface area contributed by atoms with E-state index >= 15 is 0 Å². The molecule has 0 radical (unpaired) electrons. The number of aliphatic carboxylic acids is 1. The van der Waals surface area contributed by atoms with Gasteiger partial charge in [0.05, 0.1) is 6.54 Å². The molecule has 7 heteroatoms. The molecule has 0 aliphatic heterocycles. The molecule has 0 saturated heterocycles. The summed E-state index contributed by atoms with van der Waals surface area (Å²) in [6.07, 6.45) is 1.92. The first-order valence-corrected chi connectivity index (χ1v) is 7.36. The number of nitrogens with zero attached hydrogens (tertiary/aromatic N) is 1. The second kappa shape index (κ2) is 10.1. The molecule has 3 N–H and O–H groups in total. The molecule has 0 aliphatic rings. The van der Waals surface area contributed by atoms with E-state index in [4.69, 9.17) is 5.11 Å². The van der Waals surface area contributed by atoms with Gasteiger partial charge in [-0.3, -0.25) is 19.3 Å². The second-order valence-corrected chi connectivity index (χ2v) is 5.13. The van der Waals surface area contributed by atoms with Crippen molar-refractivity contribution in [2.45, 2.75) is 52.6 Å². The summed E-state index contributed by atoms with van der Waals surface area (Å²) >= 11 is 0. The summed E-state index contributed by atoms with van der Waals surface area (Å²) in [6.45, 7) is 8.90. The SMILES string of the molecule is CCCN(CCC)CC(=O)NC(C)C(=O)NC(C)C(=O)O. The zero-order valence-corrected chi connectivity index (χ0v) is 13.3. The van der Waals surface area contributed by atoms with Crippen LogP contribution in [-0.4, -0.2) is 59.5 Å². The molecule has 0 aromatic heterocycles. The van der Waals surface area contributed by atoms with Crippen LogP contribution in [0.5, 0.6) is 0 Å². The number of carbonyl (C=O) groups excluding carboxylic acids is 2. The van der Waals surface area contributed by atoms with E-state index < -0.39 is 24.0 Å². The van der Waals surface area contributed by atoms with Gasteiger partial charge in [-0.25, -0.2) is 0 Å². The van der Waals surface area contributed by atoms with Gasteiger partial charge in [0.2, 0.25) is 11.8 Å². The van der Waals surface area contributed by atoms with Crippen molar-refractivity contribution in [1.82, 2.24) is 15.5 Å². The fraction of sp³-hybridized carbons (Fsp3) is 0.786. The van der Waals surface area contributed by atoms with Crippen molar-refractivity contribution in [3.05, 3.63) is 0 Å². The van der Waals surface area contributed by atoms with E-state index in [9.17, 15) is 14.4 Å². The van der Waals surface area contributed by atoms with E-state index in [0.29, 0.717) is 0 Å². The van der Waals surface area contributed by atoms with Crippen molar-refractivity contribution in [3.63, 3.8) is 0 Å². The normalized spacial score (nSPS) is 13.6. The first-order chi connectivity index (χ1) is 9.81. The van der Waals surface area contributed by atoms with Crippen LogP contribution >= 0.6 is 0 Å². The van der Waals surface area contributed by atoms with Crippen LogP contribution in [0, 0.1) is 0 Å². The minimum Gasteiger partial charge on any atom is -0.480 e. The molecule has 0 aromatic carbocycles. The highest BCUT2D eigenvalue weighted by Gasteiger charge is 2.21. The molecule has 2 unspecified atom stereocenters. The van der Waals surface area contributed by atoms with E-state index in [1.165, 1.54) is 13.8 Å². The number of amides is 2. The number of hydrogen-bond donors (Lipinski definition) is 3. The number of carboxylic acids is 1. The van der Waals surface area contributed by atoms with Crippen LogP contribution in [0.15, 0.2) is 0 Å². The van der Waals surface area contributed by atoms with Crippen LogP contribution in [0.2, 0.25) is 0 Å². The summed E-state index contributed by atoms with van der Waals surface area (Å²) in [7, 11) is 0. The molecular formula is C14H27N3O4. The third-order valence-corrected chi connectivity index (χ3v) is 2.95. The Morgan fingerprint density at radius 1 is 1.00 bits per heavy atom. The summed E-state index contributed by atoms with van der Waals surface area (Å²) in [5, 5.41) is 13.6. The van der Waals surface area contributed by atoms with Gasteiger partial charge in [0, 0.05) is 0 Å². The fourth-order valence-corrected chi connectivity index (χ4v) is 1.86. The number of hydrogen-bond acceptors (Lipinski definition) is 4. The van der Waals surface area contributed by atoms with Crippen molar-refractivity contribution in [2.75, 3.05) is 19.6 Å². The van der Waals surface area contributed by atoms with Gasteiger partial charge >= 0.3 is 5.97 Å². The van der Waals surface area contributed by atoms with Crippen LogP contribution in [0.1, 0.15) is 40.5 Å². The Bertz CT molecular complexity index is 354. The van der Waals surface area contributed by atoms with Gasteiger partial charge in [-0.2, -0.15) is 0 Å². The number of carbonyl (C=O) groups is 3. The summed E-state index contributed by atoms with van der Waals surface area (Å²) in [5.41, 5.74) is 0. The van der Waals surface area contributed by atoms with Crippen LogP contribution in [0.4, 0.5) is 0 Å². The van der Waals surface area contributed by atoms with Crippen molar-refractivity contribution in [3.8, 4) is 0 Å². The van der Waals surface area contributed by atoms with Gasteiger partial charge in [0.15, 0.2) is 0 Å². The molecule has 0 fully saturated rings. The highest BCUT2D eigenvalue weighted by Crippen LogP contribution is 1.95. The van der Waals surface area contributed by atoms with Gasteiger partial charge in [-0.15, -0.1) is 0 Å². The maximum Gasteiger partial charge on any atom is 0.325 e. The van der Waals surface area contributed by atoms with E-state index in [1.807, 2.05) is 18.7 Å². The fourth-order valence-electron chi connectivity index (χ4n) is 1.86. The molecule has 2 atom stereocenters. The topological polar surface area (TPSA) is 98.7 Å². The van der Waals surface area contributed by atoms with Gasteiger partial charge in [-0.05, 0) is 39.8 Å². The Balaban J connectivity index is 4.29. The predicted molar refractivity (Wildman–Crippen MR) is 79.9 cm³/mol. The van der Waals surface area contributed by atoms with Crippen molar-refractivity contribution in [2.24, 2.45) is 0 Å². The molecular weight excluding hydrogens is 274 g/mol. The highest BCUT2D eigenvalue weighted by molar-refractivity contribution is 5.90. The Hall–Kier alpha value is -1.63. The smallest absolute Gasteiger partial charge is 0.325 e. The van der Waals surface area contributed by atoms with Crippen LogP contribution in [-0.2, 0) is 14.4 Å². The summed E-state index contributed by atoms with van der Waals surface area (Å²) in [5.74, 6) is -1.85. The molecule has 7 nitrogen and oxygen atoms in total. The maximum atomic E-state index is 11.9. The summed E-state index contributed by atoms with van der Waals surface area (Å²) < 4.78 is 0. The van der Waals surface area contributed by atoms with Crippen LogP contribution < -0.4 is 10.6 Å². The van der Waals surface area contributed by atoms with E-state index in [-0.39, 0.29) is 12.5 Å². The first-order valence-electron chi connectivity index (χ1n) is 7.36. The minimum atomic E-state index is -1.11. The number of carboxylic acid groups (broad SMARTS) is 1. The van der Waals surface area contributed by atoms with Crippen molar-refractivity contribution >= 4 is 17.8 Å². The molecule has 21 heavy (non-hydrogen) atoms. The molecule has 0 aliphatic carbocycles. The third kappa shape index (κ3) is 8.29. The lowest BCUT2D eigenvalue weighted by molar-refractivity contribution is -0.141. The van der Waals surface area contributed by atoms with Gasteiger partial charge in [0.1, 0.15) is 12.1 Å². The lowest BCUT2D eigenvalue weighted by Crippen LogP contribution is -2.51. The predicted octanol–water partition coefficient (Wildman–Crippen LogP) is 0.202. The van der Waals surface area contributed by atoms with Gasteiger partial charge in [0.25, 0.3) is 0 Å². The molecule has 0 bridgehead atoms. The summed E-state index contributed by atoms with van der Waals surface area (Å²) in [4.78, 5) is 36.3. The molecule has 0 saturated carbocycles. The van der Waals surface area contributed by atoms with Crippen molar-refractivity contribution in [1.29, 1.82) is 0 Å². The zero-order valence-electron chi connectivity index (χ0n) is 13.3. The average Bonchev–Trinajstić information content (AvgIpc) is 2.38. The third-order valence-electron chi connectivity index (χ3n) is 2.95. The standard InChI is InChI=1S/C14H27N3O4/c1-5-7-17(8-6-2)9-12(18)15-10(3)13(19)16-11(4)14(20)21/h10-11H,5-9H2,1-4H3,(H,15,18)(H,16,19)(H,20,21). The van der Waals surface area contributed by atoms with E-state index in [0.717, 1.165) is 25.9 Å². The Morgan fingerprint density at radius 3 is 1.95 bits per heavy atom.